The summed E-state index contributed by atoms with van der Waals surface area (Å²) in [6, 6.07) is 4.77. The highest BCUT2D eigenvalue weighted by molar-refractivity contribution is 5.97. The maximum absolute atomic E-state index is 11.0. The Balaban J connectivity index is 3.39. The van der Waals surface area contributed by atoms with Gasteiger partial charge < -0.3 is 5.11 Å². The maximum atomic E-state index is 11.0. The van der Waals surface area contributed by atoms with Crippen LogP contribution in [-0.4, -0.2) is 10.9 Å². The van der Waals surface area contributed by atoms with Crippen LogP contribution in [0.4, 0.5) is 0 Å². The quantitative estimate of drug-likeness (QED) is 0.661. The number of hydrogen-bond acceptors (Lipinski definition) is 3. The smallest absolute Gasteiger partial charge is 0.163 e. The number of carbonyl (C=O) groups is 1. The molecule has 0 fully saturated rings. The molecule has 1 aromatic rings. The van der Waals surface area contributed by atoms with Crippen LogP contribution < -0.4 is 0 Å². The van der Waals surface area contributed by atoms with Gasteiger partial charge >= 0.3 is 0 Å². The van der Waals surface area contributed by atoms with E-state index in [-0.39, 0.29) is 17.1 Å². The average molecular weight is 175 g/mol. The maximum Gasteiger partial charge on any atom is 0.163 e. The second-order valence-corrected chi connectivity index (χ2v) is 2.85. The first-order valence-corrected chi connectivity index (χ1v) is 3.81. The summed E-state index contributed by atoms with van der Waals surface area (Å²) in [5.41, 5.74) is 1.35. The van der Waals surface area contributed by atoms with Gasteiger partial charge in [-0.25, -0.2) is 0 Å². The van der Waals surface area contributed by atoms with Crippen molar-refractivity contribution < 1.29 is 9.90 Å². The van der Waals surface area contributed by atoms with Crippen LogP contribution >= 0.6 is 0 Å². The Morgan fingerprint density at radius 3 is 2.62 bits per heavy atom. The van der Waals surface area contributed by atoms with Gasteiger partial charge in [-0.15, -0.1) is 0 Å². The van der Waals surface area contributed by atoms with Crippen molar-refractivity contribution in [1.82, 2.24) is 0 Å². The van der Waals surface area contributed by atoms with Crippen molar-refractivity contribution in [2.24, 2.45) is 0 Å². The van der Waals surface area contributed by atoms with Crippen molar-refractivity contribution >= 4 is 5.78 Å². The summed E-state index contributed by atoms with van der Waals surface area (Å²) >= 11 is 0. The van der Waals surface area contributed by atoms with Crippen molar-refractivity contribution in [3.05, 3.63) is 28.8 Å². The summed E-state index contributed by atoms with van der Waals surface area (Å²) in [5, 5.41) is 18.0. The molecule has 0 aliphatic heterocycles. The topological polar surface area (TPSA) is 61.1 Å². The van der Waals surface area contributed by atoms with E-state index in [1.165, 1.54) is 19.1 Å². The SMILES string of the molecule is CC(=O)c1cc(C)c(C#N)cc1O. The molecule has 1 rings (SSSR count). The van der Waals surface area contributed by atoms with Crippen LogP contribution in [-0.2, 0) is 0 Å². The van der Waals surface area contributed by atoms with Gasteiger partial charge in [-0.3, -0.25) is 4.79 Å². The van der Waals surface area contributed by atoms with E-state index in [4.69, 9.17) is 5.26 Å². The molecule has 0 saturated carbocycles. The van der Waals surface area contributed by atoms with Gasteiger partial charge in [-0.1, -0.05) is 0 Å². The molecule has 3 heteroatoms. The molecular formula is C10H9NO2. The molecule has 0 unspecified atom stereocenters. The number of Topliss-reactive ketones (excluding diaryl/α,β-unsaturated/α-hetero) is 1. The fourth-order valence-electron chi connectivity index (χ4n) is 1.10. The highest BCUT2D eigenvalue weighted by Gasteiger charge is 2.09. The number of ketones is 1. The number of carbonyl (C=O) groups excluding carboxylic acids is 1. The molecule has 13 heavy (non-hydrogen) atoms. The normalized spacial score (nSPS) is 9.31. The van der Waals surface area contributed by atoms with E-state index in [0.717, 1.165) is 0 Å². The molecule has 0 radical (unpaired) electrons. The summed E-state index contributed by atoms with van der Waals surface area (Å²) in [6.45, 7) is 3.10. The fourth-order valence-corrected chi connectivity index (χ4v) is 1.10. The fraction of sp³-hybridized carbons (Fsp3) is 0.200. The summed E-state index contributed by atoms with van der Waals surface area (Å²) in [5.74, 6) is -0.334. The minimum Gasteiger partial charge on any atom is -0.507 e. The number of aryl methyl sites for hydroxylation is 1. The van der Waals surface area contributed by atoms with Crippen LogP contribution in [0.2, 0.25) is 0 Å². The number of nitriles is 1. The molecule has 0 saturated heterocycles. The number of rotatable bonds is 1. The molecule has 1 aromatic carbocycles. The molecule has 66 valence electrons. The number of phenolic OH excluding ortho intramolecular Hbond substituents is 1. The molecule has 0 spiro atoms. The minimum absolute atomic E-state index is 0.130. The molecule has 1 N–H and O–H groups in total. The van der Waals surface area contributed by atoms with Crippen molar-refractivity contribution in [2.45, 2.75) is 13.8 Å². The highest BCUT2D eigenvalue weighted by Crippen LogP contribution is 2.21. The molecule has 0 heterocycles. The van der Waals surface area contributed by atoms with Gasteiger partial charge in [0.05, 0.1) is 17.2 Å². The number of nitrogens with zero attached hydrogens (tertiary/aromatic N) is 1. The van der Waals surface area contributed by atoms with Gasteiger partial charge in [0.25, 0.3) is 0 Å². The lowest BCUT2D eigenvalue weighted by Crippen LogP contribution is -1.95. The molecule has 0 aliphatic carbocycles. The van der Waals surface area contributed by atoms with Gasteiger partial charge in [0.2, 0.25) is 0 Å². The van der Waals surface area contributed by atoms with E-state index in [2.05, 4.69) is 0 Å². The third kappa shape index (κ3) is 1.67. The first-order chi connectivity index (χ1) is 6.06. The van der Waals surface area contributed by atoms with E-state index < -0.39 is 0 Å². The Labute approximate surface area is 76.2 Å². The number of hydrogen-bond donors (Lipinski definition) is 1. The van der Waals surface area contributed by atoms with E-state index >= 15 is 0 Å². The largest absolute Gasteiger partial charge is 0.507 e. The second kappa shape index (κ2) is 3.28. The average Bonchev–Trinajstić information content (AvgIpc) is 2.07. The van der Waals surface area contributed by atoms with Gasteiger partial charge in [0.15, 0.2) is 5.78 Å². The number of aromatic hydroxyl groups is 1. The van der Waals surface area contributed by atoms with E-state index in [1.807, 2.05) is 6.07 Å². The van der Waals surface area contributed by atoms with Crippen LogP contribution in [0.25, 0.3) is 0 Å². The lowest BCUT2D eigenvalue weighted by molar-refractivity contribution is 0.101. The molecule has 3 nitrogen and oxygen atoms in total. The molecule has 0 bridgehead atoms. The lowest BCUT2D eigenvalue weighted by atomic mass is 10.0. The Bertz CT molecular complexity index is 402. The predicted molar refractivity (Wildman–Crippen MR) is 47.6 cm³/mol. The van der Waals surface area contributed by atoms with Gasteiger partial charge in [0.1, 0.15) is 5.75 Å². The summed E-state index contributed by atoms with van der Waals surface area (Å²) in [4.78, 5) is 11.0. The van der Waals surface area contributed by atoms with Crippen LogP contribution in [0.15, 0.2) is 12.1 Å². The van der Waals surface area contributed by atoms with Crippen molar-refractivity contribution in [3.63, 3.8) is 0 Å². The lowest BCUT2D eigenvalue weighted by Gasteiger charge is -2.03. The third-order valence-electron chi connectivity index (χ3n) is 1.84. The molecule has 0 atom stereocenters. The van der Waals surface area contributed by atoms with Crippen LogP contribution in [0.3, 0.4) is 0 Å². The summed E-state index contributed by atoms with van der Waals surface area (Å²) in [6.07, 6.45) is 0. The van der Waals surface area contributed by atoms with Crippen LogP contribution in [0.5, 0.6) is 5.75 Å². The minimum atomic E-state index is -0.204. The predicted octanol–water partition coefficient (Wildman–Crippen LogP) is 1.77. The third-order valence-corrected chi connectivity index (χ3v) is 1.84. The van der Waals surface area contributed by atoms with Gasteiger partial charge in [-0.05, 0) is 31.5 Å². The van der Waals surface area contributed by atoms with Crippen LogP contribution in [0.1, 0.15) is 28.4 Å². The number of phenols is 1. The zero-order chi connectivity index (χ0) is 10.0. The molecular weight excluding hydrogens is 166 g/mol. The first-order valence-electron chi connectivity index (χ1n) is 3.81. The Morgan fingerprint density at radius 2 is 2.15 bits per heavy atom. The van der Waals surface area contributed by atoms with Crippen molar-refractivity contribution in [1.29, 1.82) is 5.26 Å². The highest BCUT2D eigenvalue weighted by atomic mass is 16.3. The monoisotopic (exact) mass is 175 g/mol. The first kappa shape index (κ1) is 9.27. The van der Waals surface area contributed by atoms with Gasteiger partial charge in [-0.2, -0.15) is 5.26 Å². The zero-order valence-electron chi connectivity index (χ0n) is 7.46. The summed E-state index contributed by atoms with van der Waals surface area (Å²) < 4.78 is 0. The summed E-state index contributed by atoms with van der Waals surface area (Å²) in [7, 11) is 0. The second-order valence-electron chi connectivity index (χ2n) is 2.85. The standard InChI is InChI=1S/C10H9NO2/c1-6-3-9(7(2)12)10(13)4-8(6)5-11/h3-4,13H,1-2H3. The van der Waals surface area contributed by atoms with Crippen molar-refractivity contribution in [2.75, 3.05) is 0 Å². The Kier molecular flexibility index (Phi) is 2.34. The Morgan fingerprint density at radius 1 is 1.54 bits per heavy atom. The van der Waals surface area contributed by atoms with Crippen molar-refractivity contribution in [3.8, 4) is 11.8 Å². The number of benzene rings is 1. The molecule has 0 aromatic heterocycles. The Hall–Kier alpha value is -1.82. The van der Waals surface area contributed by atoms with E-state index in [1.54, 1.807) is 6.92 Å². The van der Waals surface area contributed by atoms with E-state index in [0.29, 0.717) is 11.1 Å². The molecule has 0 aliphatic rings. The molecule has 0 amide bonds. The van der Waals surface area contributed by atoms with Crippen LogP contribution in [0, 0.1) is 18.3 Å². The van der Waals surface area contributed by atoms with Gasteiger partial charge in [0, 0.05) is 0 Å². The van der Waals surface area contributed by atoms with E-state index in [9.17, 15) is 9.90 Å². The zero-order valence-corrected chi connectivity index (χ0v) is 7.46.